The molecule has 0 spiro atoms. The Bertz CT molecular complexity index is 335. The van der Waals surface area contributed by atoms with Crippen LogP contribution in [0.5, 0.6) is 0 Å². The molecule has 24 heavy (non-hydrogen) atoms. The molecular formula is C14H27B3NO6. The lowest BCUT2D eigenvalue weighted by Gasteiger charge is -2.19. The Kier molecular flexibility index (Phi) is 24.9. The first-order valence-electron chi connectivity index (χ1n) is 7.05. The van der Waals surface area contributed by atoms with Gasteiger partial charge in [-0.3, -0.25) is 14.4 Å². The second-order valence-electron chi connectivity index (χ2n) is 5.13. The molecule has 133 valence electrons. The van der Waals surface area contributed by atoms with Crippen LogP contribution in [0, 0.1) is 0 Å². The van der Waals surface area contributed by atoms with Crippen molar-refractivity contribution in [2.75, 3.05) is 20.8 Å². The summed E-state index contributed by atoms with van der Waals surface area (Å²) in [5.74, 6) is -0.822. The molecule has 7 nitrogen and oxygen atoms in total. The molecule has 0 amide bonds. The van der Waals surface area contributed by atoms with E-state index in [1.54, 1.807) is 0 Å². The van der Waals surface area contributed by atoms with Crippen LogP contribution >= 0.6 is 0 Å². The van der Waals surface area contributed by atoms with Crippen LogP contribution in [0.25, 0.3) is 0 Å². The van der Waals surface area contributed by atoms with Crippen LogP contribution in [0.15, 0.2) is 0 Å². The fourth-order valence-corrected chi connectivity index (χ4v) is 1.09. The lowest BCUT2D eigenvalue weighted by Crippen LogP contribution is -2.23. The molecule has 0 unspecified atom stereocenters. The van der Waals surface area contributed by atoms with Gasteiger partial charge in [0.15, 0.2) is 0 Å². The predicted molar refractivity (Wildman–Crippen MR) is 94.7 cm³/mol. The number of nitrogens with two attached hydrogens (primary N) is 1. The topological polar surface area (TPSA) is 105 Å². The summed E-state index contributed by atoms with van der Waals surface area (Å²) in [6, 6.07) is 0. The maximum Gasteiger partial charge on any atom is 0.306 e. The SMILES string of the molecule is COC(=O)CCCC(=O)OC(C)(C)C.COC(=O)CCN.[B].[B][B]. The van der Waals surface area contributed by atoms with Crippen LogP contribution in [0.1, 0.15) is 46.5 Å². The number of carbonyl (C=O) groups is 3. The third-order valence-electron chi connectivity index (χ3n) is 1.99. The van der Waals surface area contributed by atoms with Crippen LogP contribution in [-0.2, 0) is 28.6 Å². The van der Waals surface area contributed by atoms with Gasteiger partial charge in [0, 0.05) is 43.3 Å². The third-order valence-corrected chi connectivity index (χ3v) is 1.99. The summed E-state index contributed by atoms with van der Waals surface area (Å²) in [5.41, 5.74) is 4.55. The minimum atomic E-state index is -0.456. The number of esters is 3. The summed E-state index contributed by atoms with van der Waals surface area (Å²) in [5, 5.41) is 0. The fraction of sp³-hybridized carbons (Fsp3) is 0.786. The Morgan fingerprint density at radius 3 is 1.54 bits per heavy atom. The first-order chi connectivity index (χ1) is 10.7. The van der Waals surface area contributed by atoms with E-state index in [1.165, 1.54) is 14.2 Å². The molecule has 0 aromatic carbocycles. The largest absolute Gasteiger partial charge is 0.469 e. The Hall–Kier alpha value is -1.44. The highest BCUT2D eigenvalue weighted by Crippen LogP contribution is 2.09. The van der Waals surface area contributed by atoms with Gasteiger partial charge in [-0.1, -0.05) is 0 Å². The molecule has 0 saturated heterocycles. The van der Waals surface area contributed by atoms with Crippen molar-refractivity contribution in [1.29, 1.82) is 0 Å². The Balaban J connectivity index is -0.000000170. The number of hydrogen-bond acceptors (Lipinski definition) is 7. The van der Waals surface area contributed by atoms with Gasteiger partial charge in [0.05, 0.1) is 20.6 Å². The van der Waals surface area contributed by atoms with E-state index in [0.29, 0.717) is 19.4 Å². The molecular weight excluding hydrogens is 311 g/mol. The third kappa shape index (κ3) is 28.7. The molecule has 0 aliphatic rings. The lowest BCUT2D eigenvalue weighted by molar-refractivity contribution is -0.155. The van der Waals surface area contributed by atoms with E-state index in [9.17, 15) is 14.4 Å². The van der Waals surface area contributed by atoms with E-state index in [2.05, 4.69) is 24.9 Å². The normalized spacial score (nSPS) is 8.92. The monoisotopic (exact) mass is 338 g/mol. The fourth-order valence-electron chi connectivity index (χ4n) is 1.09. The van der Waals surface area contributed by atoms with Crippen LogP contribution in [0.3, 0.4) is 0 Å². The van der Waals surface area contributed by atoms with Gasteiger partial charge in [0.2, 0.25) is 0 Å². The van der Waals surface area contributed by atoms with Crippen molar-refractivity contribution < 1.29 is 28.6 Å². The molecule has 0 atom stereocenters. The molecule has 7 radical (unpaired) electrons. The van der Waals surface area contributed by atoms with Gasteiger partial charge in [-0.15, -0.1) is 0 Å². The summed E-state index contributed by atoms with van der Waals surface area (Å²) >= 11 is 0. The summed E-state index contributed by atoms with van der Waals surface area (Å²) < 4.78 is 13.8. The zero-order chi connectivity index (χ0) is 18.9. The van der Waals surface area contributed by atoms with Crippen molar-refractivity contribution in [2.45, 2.75) is 52.1 Å². The second kappa shape index (κ2) is 19.6. The van der Waals surface area contributed by atoms with Gasteiger partial charge >= 0.3 is 17.9 Å². The van der Waals surface area contributed by atoms with Crippen molar-refractivity contribution in [3.05, 3.63) is 0 Å². The molecule has 0 aromatic heterocycles. The van der Waals surface area contributed by atoms with Crippen molar-refractivity contribution >= 4 is 41.8 Å². The van der Waals surface area contributed by atoms with Crippen LogP contribution < -0.4 is 5.73 Å². The number of rotatable bonds is 6. The summed E-state index contributed by atoms with van der Waals surface area (Å²) in [6.45, 7) is 5.80. The van der Waals surface area contributed by atoms with Crippen LogP contribution in [0.4, 0.5) is 0 Å². The van der Waals surface area contributed by atoms with Gasteiger partial charge < -0.3 is 19.9 Å². The molecule has 0 saturated carbocycles. The zero-order valence-electron chi connectivity index (χ0n) is 15.3. The average Bonchev–Trinajstić information content (AvgIpc) is 2.48. The van der Waals surface area contributed by atoms with Crippen LogP contribution in [-0.4, -0.2) is 68.2 Å². The smallest absolute Gasteiger partial charge is 0.306 e. The maximum atomic E-state index is 11.2. The highest BCUT2D eigenvalue weighted by Gasteiger charge is 2.16. The molecule has 0 bridgehead atoms. The molecule has 0 aromatic rings. The van der Waals surface area contributed by atoms with Crippen molar-refractivity contribution in [1.82, 2.24) is 0 Å². The lowest BCUT2D eigenvalue weighted by atomic mass is 9.81. The second-order valence-corrected chi connectivity index (χ2v) is 5.13. The zero-order valence-corrected chi connectivity index (χ0v) is 15.3. The van der Waals surface area contributed by atoms with Crippen LogP contribution in [0.2, 0.25) is 0 Å². The van der Waals surface area contributed by atoms with E-state index in [1.807, 2.05) is 20.8 Å². The number of carbonyl (C=O) groups excluding carboxylic acids is 3. The average molecular weight is 338 g/mol. The summed E-state index contributed by atoms with van der Waals surface area (Å²) in [6.07, 6.45) is 1.31. The summed E-state index contributed by atoms with van der Waals surface area (Å²) in [4.78, 5) is 32.0. The van der Waals surface area contributed by atoms with Crippen molar-refractivity contribution in [3.63, 3.8) is 0 Å². The Morgan fingerprint density at radius 1 is 0.875 bits per heavy atom. The van der Waals surface area contributed by atoms with E-state index in [-0.39, 0.29) is 39.2 Å². The summed E-state index contributed by atoms with van der Waals surface area (Å²) in [7, 11) is 10.7. The van der Waals surface area contributed by atoms with E-state index >= 15 is 0 Å². The van der Waals surface area contributed by atoms with Gasteiger partial charge in [-0.2, -0.15) is 0 Å². The molecule has 0 fully saturated rings. The maximum absolute atomic E-state index is 11.2. The van der Waals surface area contributed by atoms with Gasteiger partial charge in [0.1, 0.15) is 5.60 Å². The quantitative estimate of drug-likeness (QED) is 0.414. The standard InChI is InChI=1S/C10H18O4.C4H9NO2.B2.B/c1-10(2,3)14-9(12)7-5-6-8(11)13-4;1-7-4(6)2-3-5;1-2;/h5-7H2,1-4H3;2-3,5H2,1H3;;. The van der Waals surface area contributed by atoms with E-state index in [4.69, 9.17) is 10.5 Å². The highest BCUT2D eigenvalue weighted by molar-refractivity contribution is 6.75. The van der Waals surface area contributed by atoms with Crippen molar-refractivity contribution in [2.24, 2.45) is 5.73 Å². The number of hydrogen-bond donors (Lipinski definition) is 1. The minimum Gasteiger partial charge on any atom is -0.469 e. The predicted octanol–water partition coefficient (Wildman–Crippen LogP) is 0.0372. The Morgan fingerprint density at radius 2 is 1.25 bits per heavy atom. The molecule has 0 rings (SSSR count). The molecule has 0 aliphatic heterocycles. The van der Waals surface area contributed by atoms with Gasteiger partial charge in [-0.05, 0) is 27.2 Å². The Labute approximate surface area is 149 Å². The number of methoxy groups -OCH3 is 2. The number of ether oxygens (including phenoxy) is 3. The molecule has 0 heterocycles. The van der Waals surface area contributed by atoms with E-state index < -0.39 is 5.60 Å². The molecule has 10 heteroatoms. The van der Waals surface area contributed by atoms with Gasteiger partial charge in [0.25, 0.3) is 0 Å². The first kappa shape index (κ1) is 30.4. The molecule has 0 aliphatic carbocycles. The minimum absolute atomic E-state index is 0. The first-order valence-corrected chi connectivity index (χ1v) is 7.05. The van der Waals surface area contributed by atoms with Gasteiger partial charge in [-0.25, -0.2) is 0 Å². The molecule has 2 N–H and O–H groups in total. The van der Waals surface area contributed by atoms with E-state index in [0.717, 1.165) is 0 Å². The van der Waals surface area contributed by atoms with Crippen molar-refractivity contribution in [3.8, 4) is 0 Å². The highest BCUT2D eigenvalue weighted by atomic mass is 16.6.